The van der Waals surface area contributed by atoms with Crippen molar-refractivity contribution in [1.82, 2.24) is 0 Å². The average Bonchev–Trinajstić information content (AvgIpc) is 2.14. The zero-order chi connectivity index (χ0) is 9.41. The molecule has 0 aromatic carbocycles. The Morgan fingerprint density at radius 1 is 0.846 bits per heavy atom. The largest absolute Gasteiger partial charge is 0.385 e. The van der Waals surface area contributed by atoms with Crippen molar-refractivity contribution < 1.29 is 4.74 Å². The van der Waals surface area contributed by atoms with Gasteiger partial charge in [-0.1, -0.05) is 49.0 Å². The van der Waals surface area contributed by atoms with E-state index in [9.17, 15) is 0 Å². The van der Waals surface area contributed by atoms with E-state index in [1.54, 1.807) is 7.11 Å². The van der Waals surface area contributed by atoms with E-state index < -0.39 is 0 Å². The summed E-state index contributed by atoms with van der Waals surface area (Å²) in [5, 5.41) is 0. The molecule has 0 unspecified atom stereocenters. The zero-order valence-corrected chi connectivity index (χ0v) is 11.2. The third-order valence-corrected chi connectivity index (χ3v) is 0.289. The molecule has 0 saturated carbocycles. The van der Waals surface area contributed by atoms with Crippen molar-refractivity contribution in [2.75, 3.05) is 13.7 Å². The van der Waals surface area contributed by atoms with Crippen LogP contribution in [-0.4, -0.2) is 22.1 Å². The molecule has 0 saturated heterocycles. The van der Waals surface area contributed by atoms with E-state index >= 15 is 0 Å². The van der Waals surface area contributed by atoms with Gasteiger partial charge in [0.15, 0.2) is 0 Å². The molecule has 0 aliphatic rings. The maximum absolute atomic E-state index is 4.54. The smallest absolute Gasteiger partial charge is 0.0433 e. The molecule has 0 rings (SSSR count). The van der Waals surface area contributed by atoms with Gasteiger partial charge in [-0.05, 0) is 6.92 Å². The summed E-state index contributed by atoms with van der Waals surface area (Å²) in [5.74, 6) is 0. The van der Waals surface area contributed by atoms with Gasteiger partial charge in [0.2, 0.25) is 0 Å². The summed E-state index contributed by atoms with van der Waals surface area (Å²) >= 11 is 0. The summed E-state index contributed by atoms with van der Waals surface area (Å²) in [4.78, 5) is 0. The number of rotatable bonds is 1. The third kappa shape index (κ3) is 705. The average molecular weight is 211 g/mol. The van der Waals surface area contributed by atoms with Crippen LogP contribution >= 0.6 is 13.5 Å². The Balaban J connectivity index is -0.00000000727. The molecule has 1 nitrogen and oxygen atoms in total. The Bertz CT molecular complexity index is 16.9. The van der Waals surface area contributed by atoms with Gasteiger partial charge in [-0.2, -0.15) is 13.5 Å². The molecule has 0 heterocycles. The van der Waals surface area contributed by atoms with Crippen LogP contribution < -0.4 is 0 Å². The van der Waals surface area contributed by atoms with Crippen molar-refractivity contribution in [2.24, 2.45) is 0 Å². The molecule has 0 spiro atoms. The first-order valence-corrected chi connectivity index (χ1v) is 4.40. The molecular formula is C10H32BOS. The predicted molar refractivity (Wildman–Crippen MR) is 74.5 cm³/mol. The third-order valence-electron chi connectivity index (χ3n) is 0.289. The first-order chi connectivity index (χ1) is 4.91. The first-order valence-electron chi connectivity index (χ1n) is 4.40. The molecule has 0 N–H and O–H groups in total. The SMILES string of the molecule is C.CC.CC.CC.CCOC.S.[B]. The van der Waals surface area contributed by atoms with Gasteiger partial charge in [-0.25, -0.2) is 0 Å². The molecule has 13 heavy (non-hydrogen) atoms. The second-order valence-electron chi connectivity index (χ2n) is 0.577. The molecule has 3 radical (unpaired) electrons. The Morgan fingerprint density at radius 2 is 0.923 bits per heavy atom. The van der Waals surface area contributed by atoms with Gasteiger partial charge in [0.1, 0.15) is 0 Å². The number of ether oxygens (including phenoxy) is 1. The summed E-state index contributed by atoms with van der Waals surface area (Å²) in [6, 6.07) is 0. The van der Waals surface area contributed by atoms with Gasteiger partial charge in [0.05, 0.1) is 0 Å². The zero-order valence-electron chi connectivity index (χ0n) is 10.2. The van der Waals surface area contributed by atoms with Crippen LogP contribution in [0.4, 0.5) is 0 Å². The van der Waals surface area contributed by atoms with E-state index in [-0.39, 0.29) is 29.3 Å². The van der Waals surface area contributed by atoms with Gasteiger partial charge in [0, 0.05) is 22.1 Å². The van der Waals surface area contributed by atoms with Crippen LogP contribution in [-0.2, 0) is 4.74 Å². The predicted octanol–water partition coefficient (Wildman–Crippen LogP) is 4.10. The lowest BCUT2D eigenvalue weighted by Crippen LogP contribution is -1.73. The van der Waals surface area contributed by atoms with E-state index in [2.05, 4.69) is 4.74 Å². The summed E-state index contributed by atoms with van der Waals surface area (Å²) in [6.07, 6.45) is 0. The Kier molecular flexibility index (Phi) is 1100. The first kappa shape index (κ1) is 50.4. The van der Waals surface area contributed by atoms with Gasteiger partial charge >= 0.3 is 0 Å². The lowest BCUT2D eigenvalue weighted by atomic mass is 10.8. The fraction of sp³-hybridized carbons (Fsp3) is 1.00. The molecule has 0 fully saturated rings. The topological polar surface area (TPSA) is 9.23 Å². The fourth-order valence-corrected chi connectivity index (χ4v) is 0. The molecule has 3 heteroatoms. The van der Waals surface area contributed by atoms with Crippen LogP contribution in [0.25, 0.3) is 0 Å². The van der Waals surface area contributed by atoms with Crippen LogP contribution in [0.15, 0.2) is 0 Å². The molecule has 0 aromatic heterocycles. The summed E-state index contributed by atoms with van der Waals surface area (Å²) < 4.78 is 4.54. The molecule has 0 bridgehead atoms. The Labute approximate surface area is 96.7 Å². The highest BCUT2D eigenvalue weighted by atomic mass is 32.1. The number of hydrogen-bond donors (Lipinski definition) is 0. The molecule has 0 aliphatic heterocycles. The van der Waals surface area contributed by atoms with Gasteiger partial charge in [-0.3, -0.25) is 0 Å². The fourth-order valence-electron chi connectivity index (χ4n) is 0. The molecule has 0 aliphatic carbocycles. The Hall–Kier alpha value is 0.375. The van der Waals surface area contributed by atoms with E-state index in [1.165, 1.54) is 0 Å². The lowest BCUT2D eigenvalue weighted by Gasteiger charge is -1.76. The van der Waals surface area contributed by atoms with Crippen molar-refractivity contribution in [3.8, 4) is 0 Å². The van der Waals surface area contributed by atoms with Crippen LogP contribution in [0.3, 0.4) is 0 Å². The summed E-state index contributed by atoms with van der Waals surface area (Å²) in [6.45, 7) is 14.8. The monoisotopic (exact) mass is 211 g/mol. The van der Waals surface area contributed by atoms with Crippen molar-refractivity contribution in [2.45, 2.75) is 55.9 Å². The molecule has 0 amide bonds. The van der Waals surface area contributed by atoms with Crippen LogP contribution in [0.2, 0.25) is 0 Å². The van der Waals surface area contributed by atoms with E-state index in [0.717, 1.165) is 6.61 Å². The standard InChI is InChI=1S/C3H8O.3C2H6.CH4.B.H2S/c1-3-4-2;3*1-2;;;/h3H2,1-2H3;3*1-2H3;1H4;;1H2. The highest BCUT2D eigenvalue weighted by Gasteiger charge is 1.51. The van der Waals surface area contributed by atoms with Crippen LogP contribution in [0, 0.1) is 0 Å². The second kappa shape index (κ2) is 284. The number of methoxy groups -OCH3 is 1. The molecule has 0 aromatic rings. The van der Waals surface area contributed by atoms with E-state index in [1.807, 2.05) is 48.5 Å². The van der Waals surface area contributed by atoms with Crippen molar-refractivity contribution in [3.05, 3.63) is 0 Å². The maximum atomic E-state index is 4.54. The highest BCUT2D eigenvalue weighted by molar-refractivity contribution is 7.59. The van der Waals surface area contributed by atoms with Gasteiger partial charge < -0.3 is 4.74 Å². The van der Waals surface area contributed by atoms with Gasteiger partial charge in [-0.15, -0.1) is 0 Å². The van der Waals surface area contributed by atoms with E-state index in [0.29, 0.717) is 0 Å². The van der Waals surface area contributed by atoms with Crippen LogP contribution in [0.1, 0.15) is 55.9 Å². The minimum Gasteiger partial charge on any atom is -0.385 e. The van der Waals surface area contributed by atoms with Crippen molar-refractivity contribution in [1.29, 1.82) is 0 Å². The van der Waals surface area contributed by atoms with Crippen LogP contribution in [0.5, 0.6) is 0 Å². The second-order valence-corrected chi connectivity index (χ2v) is 0.577. The summed E-state index contributed by atoms with van der Waals surface area (Å²) in [5.41, 5.74) is 0. The molecule has 0 atom stereocenters. The Morgan fingerprint density at radius 3 is 0.923 bits per heavy atom. The lowest BCUT2D eigenvalue weighted by molar-refractivity contribution is 0.215. The molecule has 87 valence electrons. The van der Waals surface area contributed by atoms with Gasteiger partial charge in [0.25, 0.3) is 0 Å². The van der Waals surface area contributed by atoms with Crippen molar-refractivity contribution in [3.63, 3.8) is 0 Å². The van der Waals surface area contributed by atoms with E-state index in [4.69, 9.17) is 0 Å². The quantitative estimate of drug-likeness (QED) is 0.593. The highest BCUT2D eigenvalue weighted by Crippen LogP contribution is 1.52. The maximum Gasteiger partial charge on any atom is 0.0433 e. The van der Waals surface area contributed by atoms with Crippen molar-refractivity contribution >= 4 is 21.9 Å². The normalized spacial score (nSPS) is 3.69. The minimum atomic E-state index is 0. The molecular weight excluding hydrogens is 179 g/mol. The summed E-state index contributed by atoms with van der Waals surface area (Å²) in [7, 11) is 1.68. The number of hydrogen-bond acceptors (Lipinski definition) is 1. The minimum absolute atomic E-state index is 0.